The Morgan fingerprint density at radius 1 is 1.86 bits per heavy atom. The molecule has 1 atom stereocenters. The molecule has 7 heavy (non-hydrogen) atoms. The van der Waals surface area contributed by atoms with Crippen LogP contribution in [0.2, 0.25) is 0 Å². The number of hydrogen-bond donors (Lipinski definition) is 1. The lowest BCUT2D eigenvalue weighted by atomic mass is 10.3. The molecule has 0 spiro atoms. The minimum Gasteiger partial charge on any atom is -0.389 e. The van der Waals surface area contributed by atoms with Crippen LogP contribution in [-0.4, -0.2) is 11.2 Å². The molecule has 0 fully saturated rings. The number of rotatable bonds is 0. The number of aliphatic hydroxyl groups excluding tert-OH is 1. The van der Waals surface area contributed by atoms with Gasteiger partial charge in [-0.1, -0.05) is 0 Å². The molecule has 40 valence electrons. The summed E-state index contributed by atoms with van der Waals surface area (Å²) < 4.78 is 1.30. The largest absolute Gasteiger partial charge is 0.389 e. The molecule has 1 aliphatic rings. The van der Waals surface area contributed by atoms with E-state index in [2.05, 4.69) is 22.6 Å². The fourth-order valence-electron chi connectivity index (χ4n) is 0.661. The number of halogens is 1. The zero-order valence-corrected chi connectivity index (χ0v) is 6.05. The summed E-state index contributed by atoms with van der Waals surface area (Å²) in [6.45, 7) is 0. The molecule has 1 unspecified atom stereocenters. The van der Waals surface area contributed by atoms with Gasteiger partial charge in [0, 0.05) is 0 Å². The monoisotopic (exact) mass is 210 g/mol. The van der Waals surface area contributed by atoms with Crippen LogP contribution >= 0.6 is 22.6 Å². The van der Waals surface area contributed by atoms with Crippen LogP contribution in [0.4, 0.5) is 0 Å². The van der Waals surface area contributed by atoms with Gasteiger partial charge in [0.1, 0.15) is 0 Å². The molecule has 0 saturated carbocycles. The molecule has 1 aliphatic carbocycles. The van der Waals surface area contributed by atoms with Gasteiger partial charge >= 0.3 is 0 Å². The van der Waals surface area contributed by atoms with Crippen LogP contribution in [0, 0.1) is 0 Å². The molecule has 0 heterocycles. The second-order valence-electron chi connectivity index (χ2n) is 1.72. The highest BCUT2D eigenvalue weighted by molar-refractivity contribution is 14.1. The van der Waals surface area contributed by atoms with E-state index < -0.39 is 0 Å². The van der Waals surface area contributed by atoms with Crippen LogP contribution in [0.15, 0.2) is 9.66 Å². The zero-order valence-electron chi connectivity index (χ0n) is 3.89. The first-order valence-corrected chi connectivity index (χ1v) is 3.41. The molecule has 0 aromatic rings. The van der Waals surface area contributed by atoms with E-state index in [0.29, 0.717) is 0 Å². The topological polar surface area (TPSA) is 20.2 Å². The van der Waals surface area contributed by atoms with E-state index in [4.69, 9.17) is 5.11 Å². The van der Waals surface area contributed by atoms with E-state index in [1.807, 2.05) is 6.08 Å². The summed E-state index contributed by atoms with van der Waals surface area (Å²) in [7, 11) is 0. The Kier molecular flexibility index (Phi) is 1.69. The van der Waals surface area contributed by atoms with Crippen molar-refractivity contribution >= 4 is 22.6 Å². The van der Waals surface area contributed by atoms with Crippen molar-refractivity contribution < 1.29 is 5.11 Å². The summed E-state index contributed by atoms with van der Waals surface area (Å²) in [5, 5.41) is 8.82. The van der Waals surface area contributed by atoms with Crippen LogP contribution in [0.25, 0.3) is 0 Å². The Labute approximate surface area is 56.6 Å². The highest BCUT2D eigenvalue weighted by Gasteiger charge is 2.08. The summed E-state index contributed by atoms with van der Waals surface area (Å²) in [6.07, 6.45) is 3.76. The maximum absolute atomic E-state index is 8.82. The summed E-state index contributed by atoms with van der Waals surface area (Å²) >= 11 is 2.25. The van der Waals surface area contributed by atoms with Gasteiger partial charge in [-0.05, 0) is 45.1 Å². The van der Waals surface area contributed by atoms with E-state index in [1.54, 1.807) is 0 Å². The fourth-order valence-corrected chi connectivity index (χ4v) is 1.39. The van der Waals surface area contributed by atoms with Gasteiger partial charge in [0.05, 0.1) is 6.10 Å². The predicted molar refractivity (Wildman–Crippen MR) is 37.3 cm³/mol. The molecular formula is C5H7IO. The van der Waals surface area contributed by atoms with Gasteiger partial charge in [0.15, 0.2) is 0 Å². The summed E-state index contributed by atoms with van der Waals surface area (Å²) in [5.41, 5.74) is 0. The average Bonchev–Trinajstić information content (AvgIpc) is 1.87. The highest BCUT2D eigenvalue weighted by Crippen LogP contribution is 2.23. The van der Waals surface area contributed by atoms with Crippen molar-refractivity contribution in [3.8, 4) is 0 Å². The Morgan fingerprint density at radius 3 is 2.71 bits per heavy atom. The summed E-state index contributed by atoms with van der Waals surface area (Å²) in [5.74, 6) is 0. The van der Waals surface area contributed by atoms with Crippen molar-refractivity contribution in [2.24, 2.45) is 0 Å². The smallest absolute Gasteiger partial charge is 0.0734 e. The normalized spacial score (nSPS) is 30.6. The third-order valence-corrected chi connectivity index (χ3v) is 1.95. The lowest BCUT2D eigenvalue weighted by Gasteiger charge is -1.89. The molecule has 0 amide bonds. The lowest BCUT2D eigenvalue weighted by molar-refractivity contribution is 0.223. The average molecular weight is 210 g/mol. The van der Waals surface area contributed by atoms with Crippen molar-refractivity contribution in [1.29, 1.82) is 0 Å². The molecule has 0 aromatic carbocycles. The SMILES string of the molecule is OC1C=C(I)CC1. The minimum atomic E-state index is -0.146. The number of aliphatic hydroxyl groups is 1. The number of allylic oxidation sites excluding steroid dienone is 1. The van der Waals surface area contributed by atoms with Gasteiger partial charge in [0.25, 0.3) is 0 Å². The van der Waals surface area contributed by atoms with Gasteiger partial charge in [-0.15, -0.1) is 0 Å². The Hall–Kier alpha value is 0.430. The van der Waals surface area contributed by atoms with Crippen LogP contribution in [0.3, 0.4) is 0 Å². The van der Waals surface area contributed by atoms with E-state index in [-0.39, 0.29) is 6.10 Å². The van der Waals surface area contributed by atoms with Crippen LogP contribution < -0.4 is 0 Å². The Morgan fingerprint density at radius 2 is 2.57 bits per heavy atom. The lowest BCUT2D eigenvalue weighted by Crippen LogP contribution is -1.93. The molecule has 1 N–H and O–H groups in total. The second-order valence-corrected chi connectivity index (χ2v) is 3.11. The van der Waals surface area contributed by atoms with Crippen molar-refractivity contribution in [2.75, 3.05) is 0 Å². The Bertz CT molecular complexity index is 98.3. The highest BCUT2D eigenvalue weighted by atomic mass is 127. The van der Waals surface area contributed by atoms with E-state index in [0.717, 1.165) is 12.8 Å². The fraction of sp³-hybridized carbons (Fsp3) is 0.600. The van der Waals surface area contributed by atoms with Crippen LogP contribution in [-0.2, 0) is 0 Å². The molecule has 1 nitrogen and oxygen atoms in total. The third kappa shape index (κ3) is 1.42. The molecule has 2 heteroatoms. The summed E-state index contributed by atoms with van der Waals surface area (Å²) in [6, 6.07) is 0. The second kappa shape index (κ2) is 2.13. The predicted octanol–water partition coefficient (Wildman–Crippen LogP) is 1.46. The van der Waals surface area contributed by atoms with Crippen molar-refractivity contribution in [3.63, 3.8) is 0 Å². The van der Waals surface area contributed by atoms with Gasteiger partial charge in [-0.25, -0.2) is 0 Å². The third-order valence-electron chi connectivity index (χ3n) is 1.05. The van der Waals surface area contributed by atoms with Crippen LogP contribution in [0.5, 0.6) is 0 Å². The molecule has 0 aromatic heterocycles. The van der Waals surface area contributed by atoms with E-state index in [9.17, 15) is 0 Å². The molecule has 0 radical (unpaired) electrons. The first-order valence-electron chi connectivity index (χ1n) is 2.33. The molecule has 0 bridgehead atoms. The maximum Gasteiger partial charge on any atom is 0.0734 e. The quantitative estimate of drug-likeness (QED) is 0.600. The van der Waals surface area contributed by atoms with Crippen molar-refractivity contribution in [2.45, 2.75) is 18.9 Å². The minimum absolute atomic E-state index is 0.146. The van der Waals surface area contributed by atoms with E-state index in [1.165, 1.54) is 3.58 Å². The molecule has 1 rings (SSSR count). The molecular weight excluding hydrogens is 203 g/mol. The number of hydrogen-bond acceptors (Lipinski definition) is 1. The first kappa shape index (κ1) is 5.56. The molecule has 0 saturated heterocycles. The molecule has 0 aliphatic heterocycles. The van der Waals surface area contributed by atoms with E-state index >= 15 is 0 Å². The standard InChI is InChI=1S/C5H7IO/c6-4-1-2-5(7)3-4/h3,5,7H,1-2H2. The van der Waals surface area contributed by atoms with Gasteiger partial charge in [-0.2, -0.15) is 0 Å². The first-order chi connectivity index (χ1) is 3.29. The summed E-state index contributed by atoms with van der Waals surface area (Å²) in [4.78, 5) is 0. The van der Waals surface area contributed by atoms with Gasteiger partial charge in [0.2, 0.25) is 0 Å². The van der Waals surface area contributed by atoms with Crippen molar-refractivity contribution in [3.05, 3.63) is 9.66 Å². The van der Waals surface area contributed by atoms with Crippen LogP contribution in [0.1, 0.15) is 12.8 Å². The Balaban J connectivity index is 2.50. The maximum atomic E-state index is 8.82. The van der Waals surface area contributed by atoms with Crippen molar-refractivity contribution in [1.82, 2.24) is 0 Å². The van der Waals surface area contributed by atoms with Gasteiger partial charge in [-0.3, -0.25) is 0 Å². The van der Waals surface area contributed by atoms with Gasteiger partial charge < -0.3 is 5.11 Å². The zero-order chi connectivity index (χ0) is 5.28.